The highest BCUT2D eigenvalue weighted by molar-refractivity contribution is 7.80. The van der Waals surface area contributed by atoms with Crippen molar-refractivity contribution in [2.24, 2.45) is 0 Å². The molecule has 3 rings (SSSR count). The van der Waals surface area contributed by atoms with Gasteiger partial charge < -0.3 is 14.5 Å². The first-order valence-corrected chi connectivity index (χ1v) is 10.0. The van der Waals surface area contributed by atoms with Gasteiger partial charge in [0.05, 0.1) is 17.2 Å². The molecule has 0 aliphatic heterocycles. The van der Waals surface area contributed by atoms with Gasteiger partial charge in [0.1, 0.15) is 11.5 Å². The zero-order chi connectivity index (χ0) is 23.3. The molecular weight excluding hydrogens is 467 g/mol. The fraction of sp³-hybridized carbons (Fsp3) is 0.143. The Labute approximate surface area is 191 Å². The van der Waals surface area contributed by atoms with Crippen molar-refractivity contribution in [3.8, 4) is 17.1 Å². The summed E-state index contributed by atoms with van der Waals surface area (Å²) in [7, 11) is 0. The maximum atomic E-state index is 13.1. The molecule has 0 spiro atoms. The zero-order valence-electron chi connectivity index (χ0n) is 16.5. The van der Waals surface area contributed by atoms with Crippen LogP contribution in [0.4, 0.5) is 18.9 Å². The summed E-state index contributed by atoms with van der Waals surface area (Å²) < 4.78 is 49.9. The minimum Gasteiger partial charge on any atom is -0.494 e. The second-order valence-electron chi connectivity index (χ2n) is 6.35. The van der Waals surface area contributed by atoms with Gasteiger partial charge >= 0.3 is 12.1 Å². The van der Waals surface area contributed by atoms with E-state index in [-0.39, 0.29) is 22.2 Å². The number of anilines is 1. The minimum absolute atomic E-state index is 0.0763. The number of hydrazine groups is 1. The highest BCUT2D eigenvalue weighted by Crippen LogP contribution is 2.37. The van der Waals surface area contributed by atoms with Gasteiger partial charge in [-0.2, -0.15) is 13.2 Å². The van der Waals surface area contributed by atoms with E-state index < -0.39 is 22.7 Å². The summed E-state index contributed by atoms with van der Waals surface area (Å²) in [4.78, 5) is 12.3. The SMILES string of the molecule is CCOc1ccc(NC(=S)NNC(=O)c2ccc(-c3ccc(Cl)c(C(F)(F)F)c3)o2)cc1. The number of thiocarbonyl (C=S) groups is 1. The van der Waals surface area contributed by atoms with E-state index in [1.165, 1.54) is 18.2 Å². The first-order valence-electron chi connectivity index (χ1n) is 9.24. The summed E-state index contributed by atoms with van der Waals surface area (Å²) in [6.45, 7) is 2.43. The largest absolute Gasteiger partial charge is 0.494 e. The fourth-order valence-corrected chi connectivity index (χ4v) is 3.04. The fourth-order valence-electron chi connectivity index (χ4n) is 2.65. The molecule has 0 aliphatic rings. The number of carbonyl (C=O) groups excluding carboxylic acids is 1. The third kappa shape index (κ3) is 5.92. The Morgan fingerprint density at radius 3 is 2.47 bits per heavy atom. The number of nitrogens with one attached hydrogen (secondary N) is 3. The number of amides is 1. The van der Waals surface area contributed by atoms with Crippen molar-refractivity contribution < 1.29 is 27.1 Å². The van der Waals surface area contributed by atoms with Crippen molar-refractivity contribution in [1.29, 1.82) is 0 Å². The van der Waals surface area contributed by atoms with Crippen LogP contribution in [0.5, 0.6) is 5.75 Å². The molecule has 6 nitrogen and oxygen atoms in total. The van der Waals surface area contributed by atoms with Crippen LogP contribution in [0.15, 0.2) is 59.0 Å². The molecule has 3 aromatic rings. The van der Waals surface area contributed by atoms with Crippen LogP contribution in [-0.2, 0) is 6.18 Å². The minimum atomic E-state index is -4.62. The summed E-state index contributed by atoms with van der Waals surface area (Å²) in [5.41, 5.74) is 4.67. The standard InChI is InChI=1S/C21H17ClF3N3O3S/c1-2-30-14-6-4-13(5-7-14)26-20(32)28-27-19(29)18-10-9-17(31-18)12-3-8-16(22)15(11-12)21(23,24)25/h3-11H,2H2,1H3,(H,27,29)(H2,26,28,32). The maximum Gasteiger partial charge on any atom is 0.417 e. The molecule has 168 valence electrons. The Bertz CT molecular complexity index is 1120. The molecule has 0 aliphatic carbocycles. The Kier molecular flexibility index (Phi) is 7.26. The highest BCUT2D eigenvalue weighted by atomic mass is 35.5. The van der Waals surface area contributed by atoms with Gasteiger partial charge in [0.2, 0.25) is 0 Å². The van der Waals surface area contributed by atoms with Crippen molar-refractivity contribution in [3.05, 3.63) is 70.9 Å². The van der Waals surface area contributed by atoms with Crippen LogP contribution in [-0.4, -0.2) is 17.6 Å². The van der Waals surface area contributed by atoms with E-state index in [0.29, 0.717) is 18.0 Å². The molecule has 0 radical (unpaired) electrons. The number of alkyl halides is 3. The van der Waals surface area contributed by atoms with Crippen molar-refractivity contribution in [2.75, 3.05) is 11.9 Å². The Morgan fingerprint density at radius 1 is 1.09 bits per heavy atom. The van der Waals surface area contributed by atoms with Crippen molar-refractivity contribution in [2.45, 2.75) is 13.1 Å². The number of rotatable bonds is 5. The van der Waals surface area contributed by atoms with Crippen LogP contribution in [0.3, 0.4) is 0 Å². The maximum absolute atomic E-state index is 13.1. The van der Waals surface area contributed by atoms with E-state index in [1.54, 1.807) is 24.3 Å². The molecule has 32 heavy (non-hydrogen) atoms. The predicted molar refractivity (Wildman–Crippen MR) is 119 cm³/mol. The molecule has 1 amide bonds. The van der Waals surface area contributed by atoms with E-state index in [4.69, 9.17) is 33.0 Å². The highest BCUT2D eigenvalue weighted by Gasteiger charge is 2.33. The van der Waals surface area contributed by atoms with Crippen molar-refractivity contribution >= 4 is 40.5 Å². The Morgan fingerprint density at radius 2 is 1.81 bits per heavy atom. The number of hydrogen-bond acceptors (Lipinski definition) is 4. The van der Waals surface area contributed by atoms with E-state index in [1.807, 2.05) is 6.92 Å². The summed E-state index contributed by atoms with van der Waals surface area (Å²) in [6, 6.07) is 13.1. The first kappa shape index (κ1) is 23.4. The summed E-state index contributed by atoms with van der Waals surface area (Å²) in [5.74, 6) is -0.00807. The van der Waals surface area contributed by atoms with E-state index in [0.717, 1.165) is 12.1 Å². The van der Waals surface area contributed by atoms with Crippen LogP contribution in [0.1, 0.15) is 23.0 Å². The molecule has 0 unspecified atom stereocenters. The van der Waals surface area contributed by atoms with E-state index in [9.17, 15) is 18.0 Å². The lowest BCUT2D eigenvalue weighted by Gasteiger charge is -2.11. The van der Waals surface area contributed by atoms with Crippen LogP contribution in [0, 0.1) is 0 Å². The van der Waals surface area contributed by atoms with Gasteiger partial charge in [-0.15, -0.1) is 0 Å². The number of halogens is 4. The second-order valence-corrected chi connectivity index (χ2v) is 7.16. The van der Waals surface area contributed by atoms with Gasteiger partial charge in [0.25, 0.3) is 0 Å². The predicted octanol–water partition coefficient (Wildman–Crippen LogP) is 5.65. The molecule has 1 heterocycles. The number of ether oxygens (including phenoxy) is 1. The average molecular weight is 484 g/mol. The van der Waals surface area contributed by atoms with E-state index >= 15 is 0 Å². The second kappa shape index (κ2) is 9.92. The third-order valence-electron chi connectivity index (χ3n) is 4.10. The van der Waals surface area contributed by atoms with Gasteiger partial charge in [-0.1, -0.05) is 11.6 Å². The lowest BCUT2D eigenvalue weighted by Crippen LogP contribution is -2.43. The number of carbonyl (C=O) groups is 1. The number of furan rings is 1. The molecular formula is C21H17ClF3N3O3S. The first-order chi connectivity index (χ1) is 15.2. The van der Waals surface area contributed by atoms with Crippen molar-refractivity contribution in [3.63, 3.8) is 0 Å². The van der Waals surface area contributed by atoms with Gasteiger partial charge in [-0.3, -0.25) is 15.6 Å². The summed E-state index contributed by atoms with van der Waals surface area (Å²) in [5, 5.41) is 2.56. The summed E-state index contributed by atoms with van der Waals surface area (Å²) in [6.07, 6.45) is -4.62. The topological polar surface area (TPSA) is 75.5 Å². The van der Waals surface area contributed by atoms with E-state index in [2.05, 4.69) is 16.2 Å². The zero-order valence-corrected chi connectivity index (χ0v) is 18.1. The van der Waals surface area contributed by atoms with Crippen LogP contribution < -0.4 is 20.9 Å². The van der Waals surface area contributed by atoms with Gasteiger partial charge in [0.15, 0.2) is 10.9 Å². The molecule has 0 fully saturated rings. The molecule has 0 saturated heterocycles. The monoisotopic (exact) mass is 483 g/mol. The Balaban J connectivity index is 1.59. The average Bonchev–Trinajstić information content (AvgIpc) is 3.23. The molecule has 0 atom stereocenters. The van der Waals surface area contributed by atoms with Crippen LogP contribution in [0.25, 0.3) is 11.3 Å². The molecule has 3 N–H and O–H groups in total. The molecule has 2 aromatic carbocycles. The van der Waals surface area contributed by atoms with Gasteiger partial charge in [-0.05, 0) is 73.7 Å². The van der Waals surface area contributed by atoms with Crippen molar-refractivity contribution in [1.82, 2.24) is 10.9 Å². The molecule has 0 saturated carbocycles. The molecule has 0 bridgehead atoms. The van der Waals surface area contributed by atoms with Gasteiger partial charge in [0, 0.05) is 11.3 Å². The third-order valence-corrected chi connectivity index (χ3v) is 4.63. The molecule has 1 aromatic heterocycles. The smallest absolute Gasteiger partial charge is 0.417 e. The Hall–Kier alpha value is -3.24. The lowest BCUT2D eigenvalue weighted by molar-refractivity contribution is -0.137. The van der Waals surface area contributed by atoms with Crippen LogP contribution >= 0.6 is 23.8 Å². The lowest BCUT2D eigenvalue weighted by atomic mass is 10.1. The number of hydrogen-bond donors (Lipinski definition) is 3. The van der Waals surface area contributed by atoms with Gasteiger partial charge in [-0.25, -0.2) is 0 Å². The summed E-state index contributed by atoms with van der Waals surface area (Å²) >= 11 is 10.7. The normalized spacial score (nSPS) is 11.0. The number of benzene rings is 2. The molecule has 11 heteroatoms. The quantitative estimate of drug-likeness (QED) is 0.322. The van der Waals surface area contributed by atoms with Crippen LogP contribution in [0.2, 0.25) is 5.02 Å².